The maximum Gasteiger partial charge on any atom is 0.416 e. The maximum atomic E-state index is 13.7. The molecule has 238 valence electrons. The number of nitrogens with one attached hydrogen (secondary N) is 2. The molecule has 0 radical (unpaired) electrons. The molecule has 0 unspecified atom stereocenters. The van der Waals surface area contributed by atoms with Gasteiger partial charge in [0, 0.05) is 49.7 Å². The normalized spacial score (nSPS) is 15.8. The van der Waals surface area contributed by atoms with E-state index in [2.05, 4.69) is 27.3 Å². The summed E-state index contributed by atoms with van der Waals surface area (Å²) < 4.78 is 54.7. The summed E-state index contributed by atoms with van der Waals surface area (Å²) in [5.74, 6) is -2.36. The van der Waals surface area contributed by atoms with Crippen LogP contribution in [0.25, 0.3) is 22.3 Å². The van der Waals surface area contributed by atoms with Crippen LogP contribution >= 0.6 is 0 Å². The summed E-state index contributed by atoms with van der Waals surface area (Å²) in [6, 6.07) is 14.2. The molecule has 10 nitrogen and oxygen atoms in total. The Kier molecular flexibility index (Phi) is 8.19. The van der Waals surface area contributed by atoms with E-state index in [0.29, 0.717) is 48.2 Å². The standard InChI is InChI=1S/C32H29F4N7O3/c1-19(33)30(45)42-17-24(18-42)43-28-25(11-14-37-27(28)26(40-43)20-7-9-21(10-8-20)32(34,35)36)29(44)38-23-12-15-41(16-13-23)31(46)39-22-5-3-2-4-6-22/h2-11,14,23-24H,1,12-13,15-18H2,(H,38,44)(H,39,46). The second kappa shape index (κ2) is 12.3. The van der Waals surface area contributed by atoms with Crippen LogP contribution in [-0.4, -0.2) is 74.6 Å². The molecule has 2 fully saturated rings. The highest BCUT2D eigenvalue weighted by Crippen LogP contribution is 2.36. The number of halogens is 4. The molecule has 2 aliphatic rings. The van der Waals surface area contributed by atoms with Gasteiger partial charge < -0.3 is 20.4 Å². The van der Waals surface area contributed by atoms with Crippen molar-refractivity contribution in [1.29, 1.82) is 0 Å². The number of para-hydroxylation sites is 1. The number of carbonyl (C=O) groups is 3. The predicted octanol–water partition coefficient (Wildman–Crippen LogP) is 5.41. The van der Waals surface area contributed by atoms with Gasteiger partial charge in [-0.3, -0.25) is 19.3 Å². The number of aromatic nitrogens is 3. The van der Waals surface area contributed by atoms with Gasteiger partial charge in [-0.15, -0.1) is 0 Å². The number of pyridine rings is 1. The Bertz CT molecular complexity index is 1790. The van der Waals surface area contributed by atoms with Gasteiger partial charge in [0.05, 0.1) is 17.2 Å². The lowest BCUT2D eigenvalue weighted by molar-refractivity contribution is -0.137. The van der Waals surface area contributed by atoms with Crippen molar-refractivity contribution in [2.75, 3.05) is 31.5 Å². The number of urea groups is 1. The Hall–Kier alpha value is -5.27. The molecule has 4 amide bonds. The van der Waals surface area contributed by atoms with Gasteiger partial charge in [0.1, 0.15) is 16.7 Å². The molecule has 0 aliphatic carbocycles. The Labute approximate surface area is 260 Å². The third-order valence-electron chi connectivity index (χ3n) is 8.19. The molecule has 4 aromatic rings. The summed E-state index contributed by atoms with van der Waals surface area (Å²) >= 11 is 0. The largest absolute Gasteiger partial charge is 0.416 e. The Balaban J connectivity index is 1.24. The zero-order chi connectivity index (χ0) is 32.6. The number of hydrogen-bond acceptors (Lipinski definition) is 5. The first kappa shape index (κ1) is 30.7. The van der Waals surface area contributed by atoms with Gasteiger partial charge in [-0.05, 0) is 43.2 Å². The lowest BCUT2D eigenvalue weighted by atomic mass is 10.0. The van der Waals surface area contributed by atoms with Crippen LogP contribution < -0.4 is 10.6 Å². The number of alkyl halides is 3. The highest BCUT2D eigenvalue weighted by Gasteiger charge is 2.37. The molecule has 14 heteroatoms. The number of fused-ring (bicyclic) bond motifs is 1. The minimum atomic E-state index is -4.52. The summed E-state index contributed by atoms with van der Waals surface area (Å²) in [7, 11) is 0. The van der Waals surface area contributed by atoms with E-state index >= 15 is 0 Å². The van der Waals surface area contributed by atoms with Crippen LogP contribution in [0, 0.1) is 0 Å². The van der Waals surface area contributed by atoms with E-state index in [-0.39, 0.29) is 36.4 Å². The number of piperidine rings is 1. The van der Waals surface area contributed by atoms with Crippen LogP contribution in [0.15, 0.2) is 79.3 Å². The number of anilines is 1. The van der Waals surface area contributed by atoms with Crippen molar-refractivity contribution in [3.8, 4) is 11.3 Å². The fourth-order valence-corrected chi connectivity index (χ4v) is 5.68. The number of benzene rings is 2. The molecule has 2 saturated heterocycles. The third-order valence-corrected chi connectivity index (χ3v) is 8.19. The molecule has 4 heterocycles. The molecule has 6 rings (SSSR count). The van der Waals surface area contributed by atoms with E-state index in [9.17, 15) is 31.9 Å². The summed E-state index contributed by atoms with van der Waals surface area (Å²) in [6.45, 7) is 4.08. The number of rotatable bonds is 6. The fourth-order valence-electron chi connectivity index (χ4n) is 5.68. The van der Waals surface area contributed by atoms with Crippen LogP contribution in [-0.2, 0) is 11.0 Å². The smallest absolute Gasteiger partial charge is 0.349 e. The lowest BCUT2D eigenvalue weighted by Crippen LogP contribution is -2.51. The quantitative estimate of drug-likeness (QED) is 0.218. The van der Waals surface area contributed by atoms with Crippen molar-refractivity contribution in [3.05, 3.63) is 90.4 Å². The summed E-state index contributed by atoms with van der Waals surface area (Å²) in [6.07, 6.45) is -2.05. The van der Waals surface area contributed by atoms with Crippen LogP contribution in [0.3, 0.4) is 0 Å². The summed E-state index contributed by atoms with van der Waals surface area (Å²) in [5, 5.41) is 10.6. The van der Waals surface area contributed by atoms with Crippen molar-refractivity contribution in [3.63, 3.8) is 0 Å². The van der Waals surface area contributed by atoms with Crippen LogP contribution in [0.4, 0.5) is 28.0 Å². The first-order valence-electron chi connectivity index (χ1n) is 14.6. The van der Waals surface area contributed by atoms with Crippen molar-refractivity contribution >= 4 is 34.6 Å². The van der Waals surface area contributed by atoms with E-state index < -0.39 is 35.4 Å². The molecule has 0 bridgehead atoms. The highest BCUT2D eigenvalue weighted by atomic mass is 19.4. The average Bonchev–Trinajstić information content (AvgIpc) is 3.40. The predicted molar refractivity (Wildman–Crippen MR) is 161 cm³/mol. The van der Waals surface area contributed by atoms with E-state index in [4.69, 9.17) is 0 Å². The highest BCUT2D eigenvalue weighted by molar-refractivity contribution is 6.07. The monoisotopic (exact) mass is 635 g/mol. The van der Waals surface area contributed by atoms with Crippen LogP contribution in [0.1, 0.15) is 34.8 Å². The van der Waals surface area contributed by atoms with Gasteiger partial charge in [-0.2, -0.15) is 18.3 Å². The first-order valence-corrected chi connectivity index (χ1v) is 14.6. The second-order valence-electron chi connectivity index (χ2n) is 11.2. The van der Waals surface area contributed by atoms with Crippen molar-refractivity contribution in [2.45, 2.75) is 31.1 Å². The third kappa shape index (κ3) is 6.14. The zero-order valence-electron chi connectivity index (χ0n) is 24.4. The van der Waals surface area contributed by atoms with E-state index in [1.54, 1.807) is 17.0 Å². The number of hydrogen-bond donors (Lipinski definition) is 2. The molecule has 2 aliphatic heterocycles. The molecular weight excluding hydrogens is 606 g/mol. The van der Waals surface area contributed by atoms with Gasteiger partial charge in [0.15, 0.2) is 5.83 Å². The molecule has 2 aromatic heterocycles. The first-order chi connectivity index (χ1) is 22.0. The van der Waals surface area contributed by atoms with Crippen LogP contribution in [0.2, 0.25) is 0 Å². The Morgan fingerprint density at radius 2 is 1.59 bits per heavy atom. The van der Waals surface area contributed by atoms with Crippen molar-refractivity contribution in [1.82, 2.24) is 29.9 Å². The van der Waals surface area contributed by atoms with Crippen LogP contribution in [0.5, 0.6) is 0 Å². The number of nitrogens with zero attached hydrogens (tertiary/aromatic N) is 5. The van der Waals surface area contributed by atoms with Gasteiger partial charge in [-0.25, -0.2) is 9.18 Å². The minimum absolute atomic E-state index is 0.0878. The SMILES string of the molecule is C=C(F)C(=O)N1CC(n2nc(-c3ccc(C(F)(F)F)cc3)c3nccc(C(=O)NC4CCN(C(=O)Nc5ccccc5)CC4)c32)C1. The molecular formula is C32H29F4N7O3. The van der Waals surface area contributed by atoms with Gasteiger partial charge in [0.25, 0.3) is 11.8 Å². The lowest BCUT2D eigenvalue weighted by Gasteiger charge is -2.39. The molecule has 0 atom stereocenters. The fraction of sp³-hybridized carbons (Fsp3) is 0.281. The molecule has 2 aromatic carbocycles. The van der Waals surface area contributed by atoms with Gasteiger partial charge in [0.2, 0.25) is 0 Å². The van der Waals surface area contributed by atoms with E-state index in [1.807, 2.05) is 18.2 Å². The van der Waals surface area contributed by atoms with Gasteiger partial charge in [-0.1, -0.05) is 36.9 Å². The Morgan fingerprint density at radius 1 is 0.913 bits per heavy atom. The number of carbonyl (C=O) groups excluding carboxylic acids is 3. The number of amides is 4. The topological polar surface area (TPSA) is 112 Å². The summed E-state index contributed by atoms with van der Waals surface area (Å²) in [4.78, 5) is 45.8. The molecule has 2 N–H and O–H groups in total. The second-order valence-corrected chi connectivity index (χ2v) is 11.2. The van der Waals surface area contributed by atoms with Crippen molar-refractivity contribution < 1.29 is 31.9 Å². The molecule has 0 saturated carbocycles. The molecule has 46 heavy (non-hydrogen) atoms. The van der Waals surface area contributed by atoms with Gasteiger partial charge >= 0.3 is 12.2 Å². The Morgan fingerprint density at radius 3 is 2.22 bits per heavy atom. The zero-order valence-corrected chi connectivity index (χ0v) is 24.4. The number of likely N-dealkylation sites (tertiary alicyclic amines) is 2. The van der Waals surface area contributed by atoms with E-state index in [1.165, 1.54) is 34.0 Å². The maximum absolute atomic E-state index is 13.7. The van der Waals surface area contributed by atoms with E-state index in [0.717, 1.165) is 12.1 Å². The average molecular weight is 636 g/mol. The van der Waals surface area contributed by atoms with Crippen molar-refractivity contribution in [2.24, 2.45) is 0 Å². The molecule has 0 spiro atoms. The minimum Gasteiger partial charge on any atom is -0.349 e. The summed E-state index contributed by atoms with van der Waals surface area (Å²) in [5.41, 5.74) is 1.34.